The summed E-state index contributed by atoms with van der Waals surface area (Å²) in [6.07, 6.45) is 72.2. The summed E-state index contributed by atoms with van der Waals surface area (Å²) < 4.78 is 68.7. The Kier molecular flexibility index (Phi) is 72.1. The van der Waals surface area contributed by atoms with Crippen molar-refractivity contribution >= 4 is 39.5 Å². The Morgan fingerprint density at radius 3 is 0.760 bits per heavy atom. The first-order valence-corrected chi connectivity index (χ1v) is 43.9. The third-order valence-corrected chi connectivity index (χ3v) is 19.7. The summed E-state index contributed by atoms with van der Waals surface area (Å²) >= 11 is 0. The molecule has 4 atom stereocenters. The zero-order chi connectivity index (χ0) is 73.2. The summed E-state index contributed by atoms with van der Waals surface area (Å²) in [4.78, 5) is 73.0. The SMILES string of the molecule is CCCCC/C=C\C/C=C\CCCCCCCC(=O)OC[C@H](COP(=O)(O)OCC(O)COP(=O)(O)OC[C@@H](COC(=O)CCCCCCC/C=C\C/C=C\CCCCC)OC(=O)CCCCCCCCCCCCCCCCC)OC(=O)CCCCCCCCCCCCCCCCC. The van der Waals surface area contributed by atoms with Crippen molar-refractivity contribution in [2.75, 3.05) is 39.6 Å². The van der Waals surface area contributed by atoms with Gasteiger partial charge in [0, 0.05) is 25.7 Å². The summed E-state index contributed by atoms with van der Waals surface area (Å²) in [6, 6.07) is 0. The van der Waals surface area contributed by atoms with Gasteiger partial charge in [0.2, 0.25) is 0 Å². The quantitative estimate of drug-likeness (QED) is 0.0169. The number of esters is 4. The highest BCUT2D eigenvalue weighted by atomic mass is 31.2. The number of phosphoric acid groups is 2. The van der Waals surface area contributed by atoms with Gasteiger partial charge in [0.15, 0.2) is 12.2 Å². The van der Waals surface area contributed by atoms with Crippen molar-refractivity contribution in [2.24, 2.45) is 0 Å². The number of phosphoric ester groups is 2. The van der Waals surface area contributed by atoms with Crippen LogP contribution < -0.4 is 0 Å². The zero-order valence-electron chi connectivity index (χ0n) is 64.1. The van der Waals surface area contributed by atoms with Crippen molar-refractivity contribution in [1.82, 2.24) is 0 Å². The maximum Gasteiger partial charge on any atom is 0.472 e. The lowest BCUT2D eigenvalue weighted by Crippen LogP contribution is -2.30. The van der Waals surface area contributed by atoms with E-state index in [9.17, 15) is 43.2 Å². The van der Waals surface area contributed by atoms with E-state index in [0.29, 0.717) is 25.7 Å². The Balaban J connectivity index is 5.33. The highest BCUT2D eigenvalue weighted by Crippen LogP contribution is 2.45. The van der Waals surface area contributed by atoms with E-state index in [4.69, 9.17) is 37.0 Å². The molecule has 0 heterocycles. The molecule has 0 aliphatic carbocycles. The Morgan fingerprint density at radius 2 is 0.490 bits per heavy atom. The van der Waals surface area contributed by atoms with Crippen LogP contribution in [-0.2, 0) is 65.4 Å². The van der Waals surface area contributed by atoms with E-state index < -0.39 is 97.5 Å². The van der Waals surface area contributed by atoms with Crippen LogP contribution in [0, 0.1) is 0 Å². The minimum absolute atomic E-state index is 0.0998. The van der Waals surface area contributed by atoms with Gasteiger partial charge < -0.3 is 33.8 Å². The molecule has 0 bridgehead atoms. The molecule has 17 nitrogen and oxygen atoms in total. The minimum atomic E-state index is -4.97. The van der Waals surface area contributed by atoms with Crippen LogP contribution >= 0.6 is 15.6 Å². The van der Waals surface area contributed by atoms with Gasteiger partial charge in [-0.15, -0.1) is 0 Å². The Labute approximate surface area is 610 Å². The Hall–Kier alpha value is -2.98. The molecule has 0 aromatic heterocycles. The van der Waals surface area contributed by atoms with Gasteiger partial charge in [0.25, 0.3) is 0 Å². The van der Waals surface area contributed by atoms with Crippen LogP contribution in [0.15, 0.2) is 48.6 Å². The van der Waals surface area contributed by atoms with Crippen LogP contribution in [0.1, 0.15) is 387 Å². The van der Waals surface area contributed by atoms with E-state index in [-0.39, 0.29) is 25.7 Å². The van der Waals surface area contributed by atoms with Gasteiger partial charge in [-0.25, -0.2) is 9.13 Å². The molecular formula is C81H150O17P2. The highest BCUT2D eigenvalue weighted by Gasteiger charge is 2.30. The second-order valence-electron chi connectivity index (χ2n) is 27.7. The number of rotatable bonds is 78. The summed E-state index contributed by atoms with van der Waals surface area (Å²) in [5.74, 6) is -2.16. The van der Waals surface area contributed by atoms with Gasteiger partial charge in [-0.1, -0.05) is 320 Å². The Morgan fingerprint density at radius 1 is 0.280 bits per heavy atom. The molecule has 19 heteroatoms. The molecule has 0 fully saturated rings. The number of hydrogen-bond donors (Lipinski definition) is 3. The van der Waals surface area contributed by atoms with Crippen molar-refractivity contribution in [2.45, 2.75) is 406 Å². The number of allylic oxidation sites excluding steroid dienone is 8. The molecule has 0 spiro atoms. The van der Waals surface area contributed by atoms with E-state index >= 15 is 0 Å². The molecule has 0 aliphatic heterocycles. The molecule has 0 aromatic rings. The fraction of sp³-hybridized carbons (Fsp3) is 0.852. The van der Waals surface area contributed by atoms with Crippen LogP contribution in [0.3, 0.4) is 0 Å². The topological polar surface area (TPSA) is 237 Å². The molecule has 0 radical (unpaired) electrons. The lowest BCUT2D eigenvalue weighted by atomic mass is 10.0. The van der Waals surface area contributed by atoms with Crippen LogP contribution in [0.4, 0.5) is 0 Å². The standard InChI is InChI=1S/C81H150O17P2/c1-5-9-13-17-21-25-29-33-37-41-45-49-53-57-61-65-78(83)91-71-76(97-80(85)67-63-59-55-51-47-43-39-35-31-27-23-19-15-11-7-3)73-95-99(87,88)93-69-75(82)70-94-100(89,90)96-74-77(98-81(86)68-64-60-56-52-48-44-40-36-32-28-24-20-16-12-8-4)72-92-79(84)66-62-58-54-50-46-42-38-34-30-26-22-18-14-10-6-2/h21-22,25-26,33-34,37-38,75-77,82H,5-20,23-24,27-32,35-36,39-74H2,1-4H3,(H,87,88)(H,89,90)/b25-21-,26-22-,37-33-,38-34-/t76-,77-/m1/s1. The molecular weight excluding hydrogens is 1310 g/mol. The van der Waals surface area contributed by atoms with Gasteiger partial charge in [0.05, 0.1) is 26.4 Å². The normalized spacial score (nSPS) is 14.1. The monoisotopic (exact) mass is 1460 g/mol. The van der Waals surface area contributed by atoms with Crippen LogP contribution in [0.2, 0.25) is 0 Å². The number of aliphatic hydroxyl groups is 1. The fourth-order valence-electron chi connectivity index (χ4n) is 11.5. The third kappa shape index (κ3) is 73.3. The zero-order valence-corrected chi connectivity index (χ0v) is 65.9. The maximum atomic E-state index is 13.1. The molecule has 0 saturated carbocycles. The molecule has 0 saturated heterocycles. The first-order chi connectivity index (χ1) is 48.7. The highest BCUT2D eigenvalue weighted by molar-refractivity contribution is 7.47. The maximum absolute atomic E-state index is 13.1. The van der Waals surface area contributed by atoms with Crippen molar-refractivity contribution in [3.05, 3.63) is 48.6 Å². The van der Waals surface area contributed by atoms with E-state index in [0.717, 1.165) is 141 Å². The van der Waals surface area contributed by atoms with Gasteiger partial charge in [-0.05, 0) is 89.9 Å². The van der Waals surface area contributed by atoms with E-state index in [2.05, 4.69) is 76.3 Å². The van der Waals surface area contributed by atoms with Crippen molar-refractivity contribution in [3.8, 4) is 0 Å². The van der Waals surface area contributed by atoms with Crippen molar-refractivity contribution in [1.29, 1.82) is 0 Å². The molecule has 586 valence electrons. The number of carbonyl (C=O) groups is 4. The van der Waals surface area contributed by atoms with E-state index in [1.165, 1.54) is 167 Å². The first-order valence-electron chi connectivity index (χ1n) is 40.9. The van der Waals surface area contributed by atoms with Gasteiger partial charge >= 0.3 is 39.5 Å². The van der Waals surface area contributed by atoms with Crippen molar-refractivity contribution in [3.63, 3.8) is 0 Å². The number of carbonyl (C=O) groups excluding carboxylic acids is 4. The molecule has 0 rings (SSSR count). The number of ether oxygens (including phenoxy) is 4. The molecule has 0 aliphatic rings. The third-order valence-electron chi connectivity index (χ3n) is 17.8. The van der Waals surface area contributed by atoms with Crippen LogP contribution in [-0.4, -0.2) is 96.7 Å². The lowest BCUT2D eigenvalue weighted by molar-refractivity contribution is -0.161. The van der Waals surface area contributed by atoms with Gasteiger partial charge in [-0.2, -0.15) is 0 Å². The molecule has 0 amide bonds. The second-order valence-corrected chi connectivity index (χ2v) is 30.6. The molecule has 0 aromatic carbocycles. The molecule has 3 N–H and O–H groups in total. The summed E-state index contributed by atoms with van der Waals surface area (Å²) in [5, 5.41) is 10.6. The number of hydrogen-bond acceptors (Lipinski definition) is 15. The van der Waals surface area contributed by atoms with Crippen molar-refractivity contribution < 1.29 is 80.2 Å². The smallest absolute Gasteiger partial charge is 0.462 e. The predicted octanol–water partition coefficient (Wildman–Crippen LogP) is 23.7. The fourth-order valence-corrected chi connectivity index (χ4v) is 13.1. The molecule has 2 unspecified atom stereocenters. The largest absolute Gasteiger partial charge is 0.472 e. The van der Waals surface area contributed by atoms with Gasteiger partial charge in [0.1, 0.15) is 19.3 Å². The lowest BCUT2D eigenvalue weighted by Gasteiger charge is -2.21. The average molecular weight is 1460 g/mol. The summed E-state index contributed by atoms with van der Waals surface area (Å²) in [5.41, 5.74) is 0. The van der Waals surface area contributed by atoms with E-state index in [1.54, 1.807) is 0 Å². The first kappa shape index (κ1) is 97.0. The predicted molar refractivity (Wildman–Crippen MR) is 409 cm³/mol. The van der Waals surface area contributed by atoms with Crippen LogP contribution in [0.5, 0.6) is 0 Å². The number of aliphatic hydroxyl groups excluding tert-OH is 1. The number of unbranched alkanes of at least 4 members (excludes halogenated alkanes) is 44. The van der Waals surface area contributed by atoms with Gasteiger partial charge in [-0.3, -0.25) is 37.3 Å². The average Bonchev–Trinajstić information content (AvgIpc) is 1.01. The Bertz CT molecular complexity index is 1940. The summed E-state index contributed by atoms with van der Waals surface area (Å²) in [6.45, 7) is 4.89. The minimum Gasteiger partial charge on any atom is -0.462 e. The summed E-state index contributed by atoms with van der Waals surface area (Å²) in [7, 11) is -9.94. The van der Waals surface area contributed by atoms with Crippen LogP contribution in [0.25, 0.3) is 0 Å². The van der Waals surface area contributed by atoms with E-state index in [1.807, 2.05) is 0 Å². The second kappa shape index (κ2) is 74.3. The molecule has 100 heavy (non-hydrogen) atoms.